The number of hydrogen-bond acceptors (Lipinski definition) is 3. The number of anilines is 1. The fraction of sp³-hybridized carbons (Fsp3) is 0.200. The van der Waals surface area contributed by atoms with Gasteiger partial charge in [0.1, 0.15) is 11.6 Å². The van der Waals surface area contributed by atoms with E-state index in [9.17, 15) is 9.18 Å². The van der Waals surface area contributed by atoms with Crippen molar-refractivity contribution in [3.63, 3.8) is 0 Å². The first-order chi connectivity index (χ1) is 9.58. The average molecular weight is 273 g/mol. The first kappa shape index (κ1) is 14.0. The van der Waals surface area contributed by atoms with Crippen LogP contribution in [0.2, 0.25) is 0 Å². The quantitative estimate of drug-likeness (QED) is 0.929. The van der Waals surface area contributed by atoms with Crippen molar-refractivity contribution in [2.75, 3.05) is 19.0 Å². The Morgan fingerprint density at radius 3 is 2.60 bits per heavy atom. The molecule has 1 amide bonds. The van der Waals surface area contributed by atoms with Crippen LogP contribution in [0.3, 0.4) is 0 Å². The van der Waals surface area contributed by atoms with Gasteiger partial charge in [-0.2, -0.15) is 0 Å². The number of nitrogens with zero attached hydrogens (tertiary/aromatic N) is 2. The number of rotatable bonds is 4. The molecule has 104 valence electrons. The van der Waals surface area contributed by atoms with Gasteiger partial charge in [0.2, 0.25) is 0 Å². The lowest BCUT2D eigenvalue weighted by atomic mass is 10.2. The number of hydrogen-bond donors (Lipinski definition) is 1. The van der Waals surface area contributed by atoms with Gasteiger partial charge in [0.25, 0.3) is 5.91 Å². The van der Waals surface area contributed by atoms with Gasteiger partial charge in [0, 0.05) is 38.0 Å². The summed E-state index contributed by atoms with van der Waals surface area (Å²) in [6.07, 6.45) is 1.71. The number of nitrogens with one attached hydrogen (secondary N) is 1. The summed E-state index contributed by atoms with van der Waals surface area (Å²) in [5, 5.41) is 2.80. The van der Waals surface area contributed by atoms with E-state index in [-0.39, 0.29) is 11.7 Å². The molecule has 0 fully saturated rings. The standard InChI is InChI=1S/C15H16FN3O/c1-19(2)14-12(4-3-9-17-14)10-18-15(20)11-5-7-13(16)8-6-11/h3-9H,10H2,1-2H3,(H,18,20). The van der Waals surface area contributed by atoms with Gasteiger partial charge in [-0.3, -0.25) is 4.79 Å². The molecule has 0 saturated heterocycles. The molecule has 1 aromatic carbocycles. The van der Waals surface area contributed by atoms with Gasteiger partial charge in [-0.1, -0.05) is 6.07 Å². The molecule has 0 aliphatic carbocycles. The highest BCUT2D eigenvalue weighted by Gasteiger charge is 2.09. The number of amides is 1. The number of aromatic nitrogens is 1. The van der Waals surface area contributed by atoms with E-state index in [1.807, 2.05) is 31.1 Å². The SMILES string of the molecule is CN(C)c1ncccc1CNC(=O)c1ccc(F)cc1. The fourth-order valence-electron chi connectivity index (χ4n) is 1.85. The van der Waals surface area contributed by atoms with Gasteiger partial charge in [-0.05, 0) is 30.3 Å². The Labute approximate surface area is 117 Å². The highest BCUT2D eigenvalue weighted by atomic mass is 19.1. The van der Waals surface area contributed by atoms with Gasteiger partial charge >= 0.3 is 0 Å². The zero-order valence-corrected chi connectivity index (χ0v) is 11.4. The Bertz CT molecular complexity index is 596. The highest BCUT2D eigenvalue weighted by Crippen LogP contribution is 2.14. The monoisotopic (exact) mass is 273 g/mol. The Balaban J connectivity index is 2.05. The van der Waals surface area contributed by atoms with Crippen molar-refractivity contribution in [1.82, 2.24) is 10.3 Å². The van der Waals surface area contributed by atoms with E-state index in [0.717, 1.165) is 11.4 Å². The number of carbonyl (C=O) groups excluding carboxylic acids is 1. The summed E-state index contributed by atoms with van der Waals surface area (Å²) in [5.41, 5.74) is 1.36. The Morgan fingerprint density at radius 2 is 1.95 bits per heavy atom. The third-order valence-corrected chi connectivity index (χ3v) is 2.84. The Morgan fingerprint density at radius 1 is 1.25 bits per heavy atom. The maximum absolute atomic E-state index is 12.8. The van der Waals surface area contributed by atoms with Gasteiger partial charge in [-0.15, -0.1) is 0 Å². The van der Waals surface area contributed by atoms with Crippen molar-refractivity contribution in [2.45, 2.75) is 6.54 Å². The molecule has 4 nitrogen and oxygen atoms in total. The zero-order chi connectivity index (χ0) is 14.5. The topological polar surface area (TPSA) is 45.2 Å². The maximum Gasteiger partial charge on any atom is 0.251 e. The van der Waals surface area contributed by atoms with Gasteiger partial charge < -0.3 is 10.2 Å². The molecule has 0 aliphatic heterocycles. The van der Waals surface area contributed by atoms with Crippen molar-refractivity contribution < 1.29 is 9.18 Å². The van der Waals surface area contributed by atoms with Crippen LogP contribution in [0.5, 0.6) is 0 Å². The summed E-state index contributed by atoms with van der Waals surface area (Å²) in [5.74, 6) is 0.217. The van der Waals surface area contributed by atoms with Crippen LogP contribution in [-0.4, -0.2) is 25.0 Å². The minimum Gasteiger partial charge on any atom is -0.362 e. The minimum absolute atomic E-state index is 0.237. The Kier molecular flexibility index (Phi) is 4.30. The van der Waals surface area contributed by atoms with Crippen LogP contribution < -0.4 is 10.2 Å². The van der Waals surface area contributed by atoms with Crippen molar-refractivity contribution in [3.8, 4) is 0 Å². The van der Waals surface area contributed by atoms with Crippen LogP contribution in [-0.2, 0) is 6.54 Å². The predicted molar refractivity (Wildman–Crippen MR) is 76.1 cm³/mol. The zero-order valence-electron chi connectivity index (χ0n) is 11.4. The smallest absolute Gasteiger partial charge is 0.251 e. The molecule has 1 aromatic heterocycles. The highest BCUT2D eigenvalue weighted by molar-refractivity contribution is 5.94. The van der Waals surface area contributed by atoms with Crippen molar-refractivity contribution >= 4 is 11.7 Å². The van der Waals surface area contributed by atoms with Crippen LogP contribution in [0.4, 0.5) is 10.2 Å². The predicted octanol–water partition coefficient (Wildman–Crippen LogP) is 2.22. The number of carbonyl (C=O) groups is 1. The summed E-state index contributed by atoms with van der Waals surface area (Å²) in [7, 11) is 3.79. The van der Waals surface area contributed by atoms with Crippen LogP contribution in [0.25, 0.3) is 0 Å². The molecule has 1 heterocycles. The molecule has 0 spiro atoms. The van der Waals surface area contributed by atoms with Crippen LogP contribution in [0.15, 0.2) is 42.6 Å². The largest absolute Gasteiger partial charge is 0.362 e. The van der Waals surface area contributed by atoms with Crippen LogP contribution in [0.1, 0.15) is 15.9 Å². The average Bonchev–Trinajstić information content (AvgIpc) is 2.45. The van der Waals surface area contributed by atoms with Gasteiger partial charge in [0.15, 0.2) is 0 Å². The normalized spacial score (nSPS) is 10.2. The molecule has 1 N–H and O–H groups in total. The molecule has 2 aromatic rings. The van der Waals surface area contributed by atoms with E-state index in [0.29, 0.717) is 12.1 Å². The van der Waals surface area contributed by atoms with Gasteiger partial charge in [0.05, 0.1) is 0 Å². The lowest BCUT2D eigenvalue weighted by Crippen LogP contribution is -2.24. The molecule has 5 heteroatoms. The van der Waals surface area contributed by atoms with E-state index in [4.69, 9.17) is 0 Å². The second-order valence-corrected chi connectivity index (χ2v) is 4.57. The molecule has 0 bridgehead atoms. The second kappa shape index (κ2) is 6.14. The maximum atomic E-state index is 12.8. The lowest BCUT2D eigenvalue weighted by molar-refractivity contribution is 0.0951. The number of pyridine rings is 1. The van der Waals surface area contributed by atoms with E-state index in [2.05, 4.69) is 10.3 Å². The minimum atomic E-state index is -0.358. The molecule has 0 radical (unpaired) electrons. The molecule has 2 rings (SSSR count). The second-order valence-electron chi connectivity index (χ2n) is 4.57. The third kappa shape index (κ3) is 3.32. The molecule has 0 saturated carbocycles. The van der Waals surface area contributed by atoms with Crippen LogP contribution >= 0.6 is 0 Å². The number of halogens is 1. The summed E-state index contributed by atoms with van der Waals surface area (Å²) >= 11 is 0. The van der Waals surface area contributed by atoms with Crippen molar-refractivity contribution in [1.29, 1.82) is 0 Å². The summed E-state index contributed by atoms with van der Waals surface area (Å²) < 4.78 is 12.8. The molecular weight excluding hydrogens is 257 g/mol. The Hall–Kier alpha value is -2.43. The molecule has 0 aliphatic rings. The van der Waals surface area contributed by atoms with E-state index in [1.54, 1.807) is 6.20 Å². The van der Waals surface area contributed by atoms with Crippen molar-refractivity contribution in [2.24, 2.45) is 0 Å². The summed E-state index contributed by atoms with van der Waals surface area (Å²) in [6, 6.07) is 9.19. The van der Waals surface area contributed by atoms with E-state index >= 15 is 0 Å². The molecule has 0 unspecified atom stereocenters. The first-order valence-electron chi connectivity index (χ1n) is 6.23. The fourth-order valence-corrected chi connectivity index (χ4v) is 1.85. The first-order valence-corrected chi connectivity index (χ1v) is 6.23. The van der Waals surface area contributed by atoms with Crippen LogP contribution in [0, 0.1) is 5.82 Å². The molecule has 20 heavy (non-hydrogen) atoms. The molecular formula is C15H16FN3O. The van der Waals surface area contributed by atoms with Gasteiger partial charge in [-0.25, -0.2) is 9.37 Å². The van der Waals surface area contributed by atoms with E-state index < -0.39 is 0 Å². The summed E-state index contributed by atoms with van der Waals surface area (Å²) in [6.45, 7) is 0.373. The van der Waals surface area contributed by atoms with Crippen molar-refractivity contribution in [3.05, 3.63) is 59.5 Å². The lowest BCUT2D eigenvalue weighted by Gasteiger charge is -2.16. The molecule has 0 atom stereocenters. The summed E-state index contributed by atoms with van der Waals surface area (Å²) in [4.78, 5) is 18.1. The third-order valence-electron chi connectivity index (χ3n) is 2.84. The van der Waals surface area contributed by atoms with E-state index in [1.165, 1.54) is 24.3 Å². The number of benzene rings is 1.